The minimum atomic E-state index is -2.00. The van der Waals surface area contributed by atoms with Crippen LogP contribution in [0.1, 0.15) is 11.1 Å². The van der Waals surface area contributed by atoms with Crippen LogP contribution in [-0.2, 0) is 23.9 Å². The highest BCUT2D eigenvalue weighted by Crippen LogP contribution is 2.11. The van der Waals surface area contributed by atoms with Gasteiger partial charge in [-0.3, -0.25) is 0 Å². The van der Waals surface area contributed by atoms with E-state index in [0.717, 1.165) is 23.4 Å². The Morgan fingerprint density at radius 3 is 2.03 bits per heavy atom. The predicted octanol–water partition coefficient (Wildman–Crippen LogP) is 3.20. The molecule has 0 amide bonds. The van der Waals surface area contributed by atoms with Crippen LogP contribution in [0.5, 0.6) is 0 Å². The molecule has 0 spiro atoms. The number of alkyl halides is 1. The molecule has 8 heteroatoms. The Morgan fingerprint density at radius 2 is 1.50 bits per heavy atom. The molecule has 168 valence electrons. The van der Waals surface area contributed by atoms with E-state index in [1.54, 1.807) is 36.4 Å². The standard InChI is InChI=1S/C24H24FNO6/c1-30-26-16-20(25)24(32-23(29)15-13-19-10-6-3-7-11-19)21(27)17-31-22(28)14-12-18-8-4-2-5-9-18/h2-16,20-21,24,27H,17H2,1H3/b14-12+,15-13+,26-16-/t20-,21-,24+/m1/s1. The van der Waals surface area contributed by atoms with Gasteiger partial charge >= 0.3 is 11.9 Å². The van der Waals surface area contributed by atoms with Gasteiger partial charge in [0.2, 0.25) is 0 Å². The van der Waals surface area contributed by atoms with Crippen molar-refractivity contribution < 1.29 is 33.4 Å². The van der Waals surface area contributed by atoms with Gasteiger partial charge in [0.15, 0.2) is 12.3 Å². The Hall–Kier alpha value is -3.78. The fraction of sp³-hybridized carbons (Fsp3) is 0.208. The monoisotopic (exact) mass is 441 g/mol. The maximum atomic E-state index is 14.5. The normalized spacial score (nSPS) is 14.3. The zero-order valence-corrected chi connectivity index (χ0v) is 17.4. The van der Waals surface area contributed by atoms with Crippen LogP contribution in [0.15, 0.2) is 78.0 Å². The van der Waals surface area contributed by atoms with E-state index in [1.165, 1.54) is 25.3 Å². The molecular weight excluding hydrogens is 417 g/mol. The molecule has 0 bridgehead atoms. The zero-order valence-electron chi connectivity index (χ0n) is 17.4. The molecule has 2 rings (SSSR count). The molecule has 2 aromatic carbocycles. The van der Waals surface area contributed by atoms with Crippen LogP contribution in [0, 0.1) is 0 Å². The Morgan fingerprint density at radius 1 is 0.969 bits per heavy atom. The van der Waals surface area contributed by atoms with Crippen LogP contribution in [0.4, 0.5) is 4.39 Å². The van der Waals surface area contributed by atoms with Gasteiger partial charge in [0.05, 0.1) is 6.21 Å². The van der Waals surface area contributed by atoms with E-state index in [0.29, 0.717) is 0 Å². The summed E-state index contributed by atoms with van der Waals surface area (Å²) in [5, 5.41) is 13.6. The van der Waals surface area contributed by atoms with Crippen LogP contribution in [0.3, 0.4) is 0 Å². The molecule has 2 aromatic rings. The first-order chi connectivity index (χ1) is 15.5. The van der Waals surface area contributed by atoms with E-state index in [4.69, 9.17) is 9.47 Å². The second-order valence-electron chi connectivity index (χ2n) is 6.47. The van der Waals surface area contributed by atoms with Crippen molar-refractivity contribution in [1.82, 2.24) is 0 Å². The number of carbonyl (C=O) groups is 2. The minimum absolute atomic E-state index is 0.598. The van der Waals surface area contributed by atoms with Crippen LogP contribution in [-0.4, -0.2) is 55.4 Å². The van der Waals surface area contributed by atoms with E-state index in [-0.39, 0.29) is 0 Å². The first-order valence-electron chi connectivity index (χ1n) is 9.72. The summed E-state index contributed by atoms with van der Waals surface area (Å²) in [5.74, 6) is -1.63. The Kier molecular flexibility index (Phi) is 10.3. The Balaban J connectivity index is 1.97. The van der Waals surface area contributed by atoms with Gasteiger partial charge in [-0.05, 0) is 23.3 Å². The second-order valence-corrected chi connectivity index (χ2v) is 6.47. The summed E-state index contributed by atoms with van der Waals surface area (Å²) in [6.07, 6.45) is 0.705. The fourth-order valence-electron chi connectivity index (χ4n) is 2.50. The topological polar surface area (TPSA) is 94.4 Å². The largest absolute Gasteiger partial charge is 0.460 e. The van der Waals surface area contributed by atoms with Gasteiger partial charge in [0, 0.05) is 12.2 Å². The van der Waals surface area contributed by atoms with Crippen LogP contribution in [0.25, 0.3) is 12.2 Å². The van der Waals surface area contributed by atoms with Gasteiger partial charge in [-0.25, -0.2) is 14.0 Å². The maximum absolute atomic E-state index is 14.5. The smallest absolute Gasteiger partial charge is 0.331 e. The molecule has 0 fully saturated rings. The molecule has 32 heavy (non-hydrogen) atoms. The third-order valence-corrected chi connectivity index (χ3v) is 4.07. The van der Waals surface area contributed by atoms with Crippen molar-refractivity contribution in [3.8, 4) is 0 Å². The summed E-state index contributed by atoms with van der Waals surface area (Å²) in [7, 11) is 1.21. The molecule has 0 aliphatic carbocycles. The lowest BCUT2D eigenvalue weighted by Crippen LogP contribution is -2.42. The van der Waals surface area contributed by atoms with Gasteiger partial charge in [-0.1, -0.05) is 65.8 Å². The molecule has 0 unspecified atom stereocenters. The summed E-state index contributed by atoms with van der Waals surface area (Å²) in [4.78, 5) is 28.4. The highest BCUT2D eigenvalue weighted by Gasteiger charge is 2.32. The molecule has 0 saturated heterocycles. The molecule has 1 N–H and O–H groups in total. The quantitative estimate of drug-likeness (QED) is 0.249. The van der Waals surface area contributed by atoms with Crippen molar-refractivity contribution in [3.63, 3.8) is 0 Å². The first-order valence-corrected chi connectivity index (χ1v) is 9.72. The Labute approximate surface area is 185 Å². The van der Waals surface area contributed by atoms with Crippen molar-refractivity contribution in [3.05, 3.63) is 83.9 Å². The van der Waals surface area contributed by atoms with Crippen LogP contribution in [0.2, 0.25) is 0 Å². The van der Waals surface area contributed by atoms with Gasteiger partial charge in [0.1, 0.15) is 19.8 Å². The van der Waals surface area contributed by atoms with Crippen molar-refractivity contribution in [1.29, 1.82) is 0 Å². The summed E-state index contributed by atoms with van der Waals surface area (Å²) in [5.41, 5.74) is 1.51. The number of ether oxygens (including phenoxy) is 2. The summed E-state index contributed by atoms with van der Waals surface area (Å²) in [6.45, 7) is -0.598. The molecular formula is C24H24FNO6. The summed E-state index contributed by atoms with van der Waals surface area (Å²) in [6, 6.07) is 18.0. The maximum Gasteiger partial charge on any atom is 0.331 e. The molecule has 0 radical (unpaired) electrons. The second kappa shape index (κ2) is 13.5. The number of rotatable bonds is 11. The number of esters is 2. The van der Waals surface area contributed by atoms with E-state index in [1.807, 2.05) is 24.3 Å². The van der Waals surface area contributed by atoms with Gasteiger partial charge in [-0.2, -0.15) is 0 Å². The van der Waals surface area contributed by atoms with Crippen molar-refractivity contribution in [2.24, 2.45) is 5.16 Å². The van der Waals surface area contributed by atoms with Gasteiger partial charge in [0.25, 0.3) is 0 Å². The highest BCUT2D eigenvalue weighted by atomic mass is 19.1. The minimum Gasteiger partial charge on any atom is -0.460 e. The fourth-order valence-corrected chi connectivity index (χ4v) is 2.50. The number of halogens is 1. The lowest BCUT2D eigenvalue weighted by Gasteiger charge is -2.23. The number of carbonyl (C=O) groups excluding carboxylic acids is 2. The van der Waals surface area contributed by atoms with Crippen molar-refractivity contribution in [2.75, 3.05) is 13.7 Å². The summed E-state index contributed by atoms with van der Waals surface area (Å²) < 4.78 is 24.5. The first kappa shape index (κ1) is 24.5. The average molecular weight is 441 g/mol. The predicted molar refractivity (Wildman–Crippen MR) is 118 cm³/mol. The molecule has 0 aliphatic heterocycles. The average Bonchev–Trinajstić information content (AvgIpc) is 2.83. The number of oxime groups is 1. The molecule has 0 aromatic heterocycles. The number of aliphatic hydroxyl groups is 1. The zero-order chi connectivity index (χ0) is 23.2. The number of hydrogen-bond acceptors (Lipinski definition) is 7. The molecule has 0 aliphatic rings. The van der Waals surface area contributed by atoms with E-state index < -0.39 is 36.9 Å². The lowest BCUT2D eigenvalue weighted by atomic mass is 10.1. The van der Waals surface area contributed by atoms with Crippen molar-refractivity contribution in [2.45, 2.75) is 18.4 Å². The Bertz CT molecular complexity index is 930. The van der Waals surface area contributed by atoms with E-state index >= 15 is 0 Å². The van der Waals surface area contributed by atoms with Gasteiger partial charge in [-0.15, -0.1) is 0 Å². The molecule has 7 nitrogen and oxygen atoms in total. The SMILES string of the molecule is CO/N=C\[C@@H](F)[C@H](OC(=O)/C=C/c1ccccc1)[C@H](O)COC(=O)/C=C/c1ccccc1. The third kappa shape index (κ3) is 8.93. The molecule has 0 saturated carbocycles. The van der Waals surface area contributed by atoms with Crippen LogP contribution < -0.4 is 0 Å². The van der Waals surface area contributed by atoms with Crippen LogP contribution >= 0.6 is 0 Å². The number of benzene rings is 2. The van der Waals surface area contributed by atoms with E-state index in [9.17, 15) is 19.1 Å². The number of nitrogens with zero attached hydrogens (tertiary/aromatic N) is 1. The third-order valence-electron chi connectivity index (χ3n) is 4.07. The van der Waals surface area contributed by atoms with Gasteiger partial charge < -0.3 is 19.4 Å². The highest BCUT2D eigenvalue weighted by molar-refractivity contribution is 5.88. The molecule has 0 heterocycles. The number of aliphatic hydroxyl groups excluding tert-OH is 1. The lowest BCUT2D eigenvalue weighted by molar-refractivity contribution is -0.158. The van der Waals surface area contributed by atoms with E-state index in [2.05, 4.69) is 9.99 Å². The van der Waals surface area contributed by atoms with Crippen molar-refractivity contribution >= 4 is 30.3 Å². The summed E-state index contributed by atoms with van der Waals surface area (Å²) >= 11 is 0. The molecule has 3 atom stereocenters. The number of hydrogen-bond donors (Lipinski definition) is 1.